The van der Waals surface area contributed by atoms with Crippen LogP contribution in [0.15, 0.2) is 102 Å². The van der Waals surface area contributed by atoms with Crippen molar-refractivity contribution in [3.63, 3.8) is 0 Å². The molecule has 9 heteroatoms. The highest BCUT2D eigenvalue weighted by molar-refractivity contribution is 7.90. The molecule has 4 aromatic rings. The molecule has 182 valence electrons. The maximum Gasteiger partial charge on any atom is 0.269 e. The number of hydrogen-bond acceptors (Lipinski definition) is 5. The second-order valence-electron chi connectivity index (χ2n) is 7.95. The number of hydrogen-bond donors (Lipinski definition) is 3. The van der Waals surface area contributed by atoms with Crippen LogP contribution in [0.2, 0.25) is 0 Å². The third-order valence-electron chi connectivity index (χ3n) is 5.29. The van der Waals surface area contributed by atoms with Gasteiger partial charge in [0.2, 0.25) is 11.8 Å². The number of carbonyl (C=O) groups is 2. The van der Waals surface area contributed by atoms with Crippen LogP contribution in [0.25, 0.3) is 17.2 Å². The SMILES string of the molecule is CC(=O)Nc1cc(-c2ccccc2)ccc1S(=O)(=O)n1ccc(C=CC(=O)Nc2ccccc2N)c1. The number of para-hydroxylation sites is 2. The average molecular weight is 501 g/mol. The van der Waals surface area contributed by atoms with Gasteiger partial charge in [0.1, 0.15) is 4.90 Å². The van der Waals surface area contributed by atoms with E-state index in [2.05, 4.69) is 10.6 Å². The maximum absolute atomic E-state index is 13.4. The van der Waals surface area contributed by atoms with Crippen LogP contribution in [0.3, 0.4) is 0 Å². The minimum Gasteiger partial charge on any atom is -0.397 e. The van der Waals surface area contributed by atoms with Crippen LogP contribution in [-0.2, 0) is 19.6 Å². The van der Waals surface area contributed by atoms with Crippen LogP contribution in [0.4, 0.5) is 17.1 Å². The number of benzene rings is 3. The second-order valence-corrected chi connectivity index (χ2v) is 9.76. The fourth-order valence-corrected chi connectivity index (χ4v) is 4.90. The van der Waals surface area contributed by atoms with E-state index < -0.39 is 21.8 Å². The Labute approximate surface area is 209 Å². The predicted molar refractivity (Wildman–Crippen MR) is 142 cm³/mol. The summed E-state index contributed by atoms with van der Waals surface area (Å²) in [5.41, 5.74) is 9.07. The molecule has 0 aliphatic carbocycles. The lowest BCUT2D eigenvalue weighted by atomic mass is 10.1. The largest absolute Gasteiger partial charge is 0.397 e. The zero-order valence-corrected chi connectivity index (χ0v) is 20.2. The lowest BCUT2D eigenvalue weighted by Gasteiger charge is -2.13. The summed E-state index contributed by atoms with van der Waals surface area (Å²) in [5, 5.41) is 5.30. The molecule has 36 heavy (non-hydrogen) atoms. The van der Waals surface area contributed by atoms with E-state index in [0.717, 1.165) is 15.1 Å². The van der Waals surface area contributed by atoms with Crippen molar-refractivity contribution in [1.29, 1.82) is 0 Å². The summed E-state index contributed by atoms with van der Waals surface area (Å²) >= 11 is 0. The van der Waals surface area contributed by atoms with Gasteiger partial charge < -0.3 is 16.4 Å². The van der Waals surface area contributed by atoms with Crippen molar-refractivity contribution in [2.75, 3.05) is 16.4 Å². The molecular weight excluding hydrogens is 476 g/mol. The Morgan fingerprint density at radius 2 is 1.58 bits per heavy atom. The van der Waals surface area contributed by atoms with Gasteiger partial charge in [0.25, 0.3) is 10.0 Å². The van der Waals surface area contributed by atoms with Crippen LogP contribution in [0.1, 0.15) is 12.5 Å². The van der Waals surface area contributed by atoms with Gasteiger partial charge in [0.15, 0.2) is 0 Å². The molecule has 1 heterocycles. The van der Waals surface area contributed by atoms with Gasteiger partial charge in [-0.2, -0.15) is 0 Å². The number of nitrogens with two attached hydrogens (primary N) is 1. The van der Waals surface area contributed by atoms with Crippen LogP contribution in [-0.4, -0.2) is 24.2 Å². The first-order valence-electron chi connectivity index (χ1n) is 11.0. The lowest BCUT2D eigenvalue weighted by Crippen LogP contribution is -2.16. The molecule has 2 amide bonds. The predicted octanol–water partition coefficient (Wildman–Crippen LogP) is 4.58. The minimum atomic E-state index is -4.04. The highest BCUT2D eigenvalue weighted by atomic mass is 32.2. The Kier molecular flexibility index (Phi) is 7.03. The summed E-state index contributed by atoms with van der Waals surface area (Å²) in [6, 6.07) is 22.7. The van der Waals surface area contributed by atoms with E-state index in [9.17, 15) is 18.0 Å². The van der Waals surface area contributed by atoms with Gasteiger partial charge in [-0.3, -0.25) is 9.59 Å². The molecular formula is C27H24N4O4S. The van der Waals surface area contributed by atoms with Crippen molar-refractivity contribution >= 4 is 45.0 Å². The standard InChI is InChI=1S/C27H24N4O4S/c1-19(32)29-25-17-22(21-7-3-2-4-8-21)12-13-26(25)36(34,35)31-16-15-20(18-31)11-14-27(33)30-24-10-6-5-9-23(24)28/h2-18H,28H2,1H3,(H,29,32)(H,30,33). The Balaban J connectivity index is 1.59. The van der Waals surface area contributed by atoms with E-state index >= 15 is 0 Å². The van der Waals surface area contributed by atoms with Gasteiger partial charge in [0, 0.05) is 25.4 Å². The molecule has 0 fully saturated rings. The number of anilines is 3. The fraction of sp³-hybridized carbons (Fsp3) is 0.0370. The van der Waals surface area contributed by atoms with E-state index in [-0.39, 0.29) is 10.6 Å². The number of aromatic nitrogens is 1. The number of amides is 2. The van der Waals surface area contributed by atoms with Crippen LogP contribution >= 0.6 is 0 Å². The van der Waals surface area contributed by atoms with E-state index in [1.54, 1.807) is 42.5 Å². The minimum absolute atomic E-state index is 0.0548. The summed E-state index contributed by atoms with van der Waals surface area (Å²) in [4.78, 5) is 24.0. The van der Waals surface area contributed by atoms with E-state index in [1.165, 1.54) is 37.5 Å². The Bertz CT molecular complexity index is 1560. The molecule has 1 aromatic heterocycles. The average Bonchev–Trinajstić information content (AvgIpc) is 3.34. The third kappa shape index (κ3) is 5.53. The van der Waals surface area contributed by atoms with Crippen LogP contribution in [0, 0.1) is 0 Å². The first kappa shape index (κ1) is 24.5. The molecule has 0 saturated heterocycles. The number of nitrogens with zero attached hydrogens (tertiary/aromatic N) is 1. The van der Waals surface area contributed by atoms with Crippen LogP contribution < -0.4 is 16.4 Å². The first-order valence-corrected chi connectivity index (χ1v) is 12.4. The van der Waals surface area contributed by atoms with Crippen molar-refractivity contribution < 1.29 is 18.0 Å². The van der Waals surface area contributed by atoms with E-state index in [4.69, 9.17) is 5.73 Å². The van der Waals surface area contributed by atoms with Crippen LogP contribution in [0.5, 0.6) is 0 Å². The number of rotatable bonds is 7. The summed E-state index contributed by atoms with van der Waals surface area (Å²) in [6.45, 7) is 1.32. The molecule has 0 bridgehead atoms. The van der Waals surface area contributed by atoms with Gasteiger partial charge in [-0.25, -0.2) is 12.4 Å². The number of nitrogen functional groups attached to an aromatic ring is 1. The van der Waals surface area contributed by atoms with Crippen molar-refractivity contribution in [2.45, 2.75) is 11.8 Å². The Morgan fingerprint density at radius 3 is 2.31 bits per heavy atom. The molecule has 0 radical (unpaired) electrons. The summed E-state index contributed by atoms with van der Waals surface area (Å²) in [5.74, 6) is -0.800. The number of carbonyl (C=O) groups excluding carboxylic acids is 2. The monoisotopic (exact) mass is 500 g/mol. The maximum atomic E-state index is 13.4. The quantitative estimate of drug-likeness (QED) is 0.253. The molecule has 0 saturated carbocycles. The molecule has 0 spiro atoms. The third-order valence-corrected chi connectivity index (χ3v) is 6.98. The lowest BCUT2D eigenvalue weighted by molar-refractivity contribution is -0.114. The van der Waals surface area contributed by atoms with Gasteiger partial charge in [-0.15, -0.1) is 0 Å². The smallest absolute Gasteiger partial charge is 0.269 e. The topological polar surface area (TPSA) is 123 Å². The zero-order valence-electron chi connectivity index (χ0n) is 19.4. The zero-order chi connectivity index (χ0) is 25.7. The normalized spacial score (nSPS) is 11.4. The molecule has 0 aliphatic rings. The van der Waals surface area contributed by atoms with Gasteiger partial charge in [-0.1, -0.05) is 48.5 Å². The Hall–Kier alpha value is -4.63. The Morgan fingerprint density at radius 1 is 0.861 bits per heavy atom. The van der Waals surface area contributed by atoms with Crippen molar-refractivity contribution in [3.05, 3.63) is 103 Å². The molecule has 0 aliphatic heterocycles. The summed E-state index contributed by atoms with van der Waals surface area (Å²) in [7, 11) is -4.04. The summed E-state index contributed by atoms with van der Waals surface area (Å²) < 4.78 is 27.9. The molecule has 0 unspecified atom stereocenters. The molecule has 3 aromatic carbocycles. The van der Waals surface area contributed by atoms with E-state index in [1.807, 2.05) is 30.3 Å². The van der Waals surface area contributed by atoms with Gasteiger partial charge >= 0.3 is 0 Å². The van der Waals surface area contributed by atoms with Gasteiger partial charge in [-0.05, 0) is 53.1 Å². The fourth-order valence-electron chi connectivity index (χ4n) is 3.56. The van der Waals surface area contributed by atoms with Crippen molar-refractivity contribution in [3.8, 4) is 11.1 Å². The van der Waals surface area contributed by atoms with E-state index in [0.29, 0.717) is 16.9 Å². The van der Waals surface area contributed by atoms with Gasteiger partial charge in [0.05, 0.1) is 17.1 Å². The highest BCUT2D eigenvalue weighted by Gasteiger charge is 2.22. The van der Waals surface area contributed by atoms with Crippen molar-refractivity contribution in [2.24, 2.45) is 0 Å². The van der Waals surface area contributed by atoms with Crippen molar-refractivity contribution in [1.82, 2.24) is 3.97 Å². The second kappa shape index (κ2) is 10.3. The molecule has 4 rings (SSSR count). The summed E-state index contributed by atoms with van der Waals surface area (Å²) in [6.07, 6.45) is 5.55. The first-order chi connectivity index (χ1) is 17.2. The molecule has 4 N–H and O–H groups in total. The number of nitrogens with one attached hydrogen (secondary N) is 2. The highest BCUT2D eigenvalue weighted by Crippen LogP contribution is 2.30. The molecule has 0 atom stereocenters. The molecule has 8 nitrogen and oxygen atoms in total.